The zero-order valence-electron chi connectivity index (χ0n) is 24.3. The van der Waals surface area contributed by atoms with Crippen molar-refractivity contribution in [2.75, 3.05) is 19.7 Å². The van der Waals surface area contributed by atoms with Crippen LogP contribution in [0.5, 0.6) is 0 Å². The van der Waals surface area contributed by atoms with Crippen LogP contribution in [-0.2, 0) is 25.9 Å². The molecule has 1 aliphatic carbocycles. The molecule has 1 aromatic carbocycles. The third-order valence-electron chi connectivity index (χ3n) is 5.61. The van der Waals surface area contributed by atoms with Crippen LogP contribution < -0.4 is 0 Å². The van der Waals surface area contributed by atoms with Crippen LogP contribution in [-0.4, -0.2) is 43.2 Å². The van der Waals surface area contributed by atoms with E-state index in [-0.39, 0.29) is 29.9 Å². The Morgan fingerprint density at radius 1 is 0.950 bits per heavy atom. The van der Waals surface area contributed by atoms with Crippen molar-refractivity contribution in [3.8, 4) is 0 Å². The van der Waals surface area contributed by atoms with Gasteiger partial charge in [0, 0.05) is 13.1 Å². The number of nitrogens with zero attached hydrogens (tertiary/aromatic N) is 1. The highest BCUT2D eigenvalue weighted by Crippen LogP contribution is 2.36. The fraction of sp³-hybridized carbons (Fsp3) is 0.533. The van der Waals surface area contributed by atoms with Gasteiger partial charge in [-0.05, 0) is 69.5 Å². The maximum absolute atomic E-state index is 13.5. The monoisotopic (exact) mass is 577 g/mol. The van der Waals surface area contributed by atoms with Gasteiger partial charge in [-0.2, -0.15) is 26.3 Å². The van der Waals surface area contributed by atoms with Gasteiger partial charge >= 0.3 is 18.3 Å². The topological polar surface area (TPSA) is 46.6 Å². The summed E-state index contributed by atoms with van der Waals surface area (Å²) in [6, 6.07) is 2.98. The fourth-order valence-electron chi connectivity index (χ4n) is 2.93. The largest absolute Gasteiger partial charge is 0.465 e. The van der Waals surface area contributed by atoms with Gasteiger partial charge in [-0.15, -0.1) is 0 Å². The molecule has 0 aromatic heterocycles. The van der Waals surface area contributed by atoms with Crippen molar-refractivity contribution in [2.24, 2.45) is 0 Å². The average Bonchev–Trinajstić information content (AvgIpc) is 3.78. The molecule has 4 nitrogen and oxygen atoms in total. The Kier molecular flexibility index (Phi) is 15.6. The van der Waals surface area contributed by atoms with E-state index in [1.807, 2.05) is 13.8 Å². The predicted molar refractivity (Wildman–Crippen MR) is 147 cm³/mol. The lowest BCUT2D eigenvalue weighted by molar-refractivity contribution is -0.149. The summed E-state index contributed by atoms with van der Waals surface area (Å²) in [4.78, 5) is 24.4. The number of hydrogen-bond acceptors (Lipinski definition) is 3. The minimum Gasteiger partial charge on any atom is -0.465 e. The van der Waals surface area contributed by atoms with E-state index in [9.17, 15) is 35.9 Å². The smallest absolute Gasteiger partial charge is 0.416 e. The van der Waals surface area contributed by atoms with Crippen molar-refractivity contribution in [1.82, 2.24) is 4.90 Å². The number of amides is 1. The van der Waals surface area contributed by atoms with E-state index < -0.39 is 34.9 Å². The molecule has 1 saturated carbocycles. The first-order chi connectivity index (χ1) is 18.6. The highest BCUT2D eigenvalue weighted by Gasteiger charge is 2.37. The number of ether oxygens (including phenoxy) is 1. The molecule has 0 N–H and O–H groups in total. The molecule has 226 valence electrons. The molecule has 0 spiro atoms. The molecule has 1 fully saturated rings. The SMILES string of the molecule is C1CC1.CC.CCOC(=O)C(C)(C)c1cc(/C(C)=C/C=C(\C=C\CN(C=O)CC)C(F)(F)F)cc(C(F)(F)F)c1. The normalized spacial score (nSPS) is 14.0. The van der Waals surface area contributed by atoms with Crippen molar-refractivity contribution < 1.29 is 40.7 Å². The quantitative estimate of drug-likeness (QED) is 0.121. The van der Waals surface area contributed by atoms with Crippen LogP contribution in [0.15, 0.2) is 48.1 Å². The molecule has 0 atom stereocenters. The summed E-state index contributed by atoms with van der Waals surface area (Å²) in [6.07, 6.45) is -0.678. The molecular formula is C30H41F6NO3. The Labute approximate surface area is 233 Å². The van der Waals surface area contributed by atoms with Gasteiger partial charge in [0.05, 0.1) is 23.2 Å². The van der Waals surface area contributed by atoms with Gasteiger partial charge < -0.3 is 9.64 Å². The summed E-state index contributed by atoms with van der Waals surface area (Å²) in [6.45, 7) is 11.7. The van der Waals surface area contributed by atoms with E-state index in [1.54, 1.807) is 13.8 Å². The van der Waals surface area contributed by atoms with E-state index in [1.165, 1.54) is 57.1 Å². The number of rotatable bonds is 10. The van der Waals surface area contributed by atoms with Gasteiger partial charge in [0.1, 0.15) is 0 Å². The number of carbonyl (C=O) groups excluding carboxylic acids is 2. The van der Waals surface area contributed by atoms with Crippen LogP contribution in [0.25, 0.3) is 5.57 Å². The van der Waals surface area contributed by atoms with Crippen molar-refractivity contribution in [2.45, 2.75) is 85.5 Å². The second kappa shape index (κ2) is 16.9. The Bertz CT molecular complexity index is 1030. The zero-order valence-corrected chi connectivity index (χ0v) is 24.3. The van der Waals surface area contributed by atoms with Crippen LogP contribution in [0, 0.1) is 0 Å². The average molecular weight is 578 g/mol. The van der Waals surface area contributed by atoms with E-state index >= 15 is 0 Å². The number of hydrogen-bond donors (Lipinski definition) is 0. The highest BCUT2D eigenvalue weighted by molar-refractivity contribution is 5.83. The molecule has 0 radical (unpaired) electrons. The molecule has 2 rings (SSSR count). The Morgan fingerprint density at radius 3 is 1.93 bits per heavy atom. The molecule has 0 saturated heterocycles. The van der Waals surface area contributed by atoms with Crippen LogP contribution >= 0.6 is 0 Å². The lowest BCUT2D eigenvalue weighted by Crippen LogP contribution is -2.31. The molecule has 0 bridgehead atoms. The number of halogens is 6. The van der Waals surface area contributed by atoms with Gasteiger partial charge in [-0.3, -0.25) is 9.59 Å². The lowest BCUT2D eigenvalue weighted by atomic mass is 9.82. The van der Waals surface area contributed by atoms with Crippen LogP contribution in [0.3, 0.4) is 0 Å². The Hall–Kier alpha value is -3.04. The van der Waals surface area contributed by atoms with Gasteiger partial charge in [0.2, 0.25) is 6.41 Å². The molecule has 1 aromatic rings. The standard InChI is InChI=1S/C25H29F6NO3.C3H6.C2H6/c1-6-32(16-33)12-8-9-19(24(26,27)28)11-10-17(3)18-13-20(15-21(14-18)25(29,30)31)23(4,5)22(34)35-7-2;1-2-3-1;1-2/h8-11,13-16H,6-7,12H2,1-5H3;1-3H2;1-2H3/b9-8+,17-10+,19-11+;;. The first-order valence-electron chi connectivity index (χ1n) is 13.3. The molecule has 0 heterocycles. The molecule has 1 amide bonds. The first kappa shape index (κ1) is 37.0. The third-order valence-corrected chi connectivity index (χ3v) is 5.61. The van der Waals surface area contributed by atoms with Crippen LogP contribution in [0.4, 0.5) is 26.3 Å². The zero-order chi connectivity index (χ0) is 31.1. The number of likely N-dealkylation sites (N-methyl/N-ethyl adjacent to an activating group) is 1. The molecule has 1 aliphatic rings. The number of benzene rings is 1. The fourth-order valence-corrected chi connectivity index (χ4v) is 2.93. The number of esters is 1. The van der Waals surface area contributed by atoms with Gasteiger partial charge in [-0.1, -0.05) is 57.4 Å². The summed E-state index contributed by atoms with van der Waals surface area (Å²) >= 11 is 0. The first-order valence-corrected chi connectivity index (χ1v) is 13.3. The van der Waals surface area contributed by atoms with Gasteiger partial charge in [0.15, 0.2) is 0 Å². The third kappa shape index (κ3) is 12.9. The van der Waals surface area contributed by atoms with Gasteiger partial charge in [-0.25, -0.2) is 0 Å². The van der Waals surface area contributed by atoms with Crippen molar-refractivity contribution in [3.05, 3.63) is 64.8 Å². The maximum Gasteiger partial charge on any atom is 0.416 e. The van der Waals surface area contributed by atoms with Crippen LogP contribution in [0.2, 0.25) is 0 Å². The maximum atomic E-state index is 13.5. The Morgan fingerprint density at radius 2 is 1.50 bits per heavy atom. The number of allylic oxidation sites excluding steroid dienone is 5. The van der Waals surface area contributed by atoms with Gasteiger partial charge in [0.25, 0.3) is 0 Å². The summed E-state index contributed by atoms with van der Waals surface area (Å²) in [7, 11) is 0. The molecule has 40 heavy (non-hydrogen) atoms. The van der Waals surface area contributed by atoms with Crippen molar-refractivity contribution >= 4 is 18.0 Å². The lowest BCUT2D eigenvalue weighted by Gasteiger charge is -2.25. The summed E-state index contributed by atoms with van der Waals surface area (Å²) in [5.74, 6) is -0.729. The van der Waals surface area contributed by atoms with E-state index in [0.29, 0.717) is 13.0 Å². The van der Waals surface area contributed by atoms with E-state index in [0.717, 1.165) is 30.4 Å². The van der Waals surface area contributed by atoms with E-state index in [2.05, 4.69) is 0 Å². The van der Waals surface area contributed by atoms with E-state index in [4.69, 9.17) is 4.74 Å². The summed E-state index contributed by atoms with van der Waals surface area (Å²) < 4.78 is 85.9. The molecule has 0 unspecified atom stereocenters. The number of alkyl halides is 6. The predicted octanol–water partition coefficient (Wildman–Crippen LogP) is 8.67. The second-order valence-corrected chi connectivity index (χ2v) is 9.27. The van der Waals surface area contributed by atoms with Crippen molar-refractivity contribution in [3.63, 3.8) is 0 Å². The van der Waals surface area contributed by atoms with Crippen molar-refractivity contribution in [1.29, 1.82) is 0 Å². The minimum absolute atomic E-state index is 0.00654. The molecular weight excluding hydrogens is 536 g/mol. The molecule has 10 heteroatoms. The highest BCUT2D eigenvalue weighted by atomic mass is 19.4. The van der Waals surface area contributed by atoms with Crippen LogP contribution in [0.1, 0.15) is 84.4 Å². The summed E-state index contributed by atoms with van der Waals surface area (Å²) in [5.41, 5.74) is -3.36. The summed E-state index contributed by atoms with van der Waals surface area (Å²) in [5, 5.41) is 0. The second-order valence-electron chi connectivity index (χ2n) is 9.27. The molecule has 0 aliphatic heterocycles. The minimum atomic E-state index is -4.74. The number of carbonyl (C=O) groups is 2. The Balaban J connectivity index is 0.00000277.